The molecule has 0 aromatic carbocycles. The number of carbonyl (C=O) groups is 1. The fraction of sp³-hybridized carbons (Fsp3) is 0.474. The van der Waals surface area contributed by atoms with Gasteiger partial charge in [0.05, 0.1) is 12.1 Å². The molecule has 2 aromatic rings. The van der Waals surface area contributed by atoms with E-state index in [4.69, 9.17) is 4.42 Å². The van der Waals surface area contributed by atoms with Crippen molar-refractivity contribution in [1.29, 1.82) is 0 Å². The smallest absolute Gasteiger partial charge is 0.287 e. The van der Waals surface area contributed by atoms with Gasteiger partial charge in [0, 0.05) is 18.8 Å². The van der Waals surface area contributed by atoms with Crippen molar-refractivity contribution in [1.82, 2.24) is 9.88 Å². The van der Waals surface area contributed by atoms with Crippen LogP contribution < -0.4 is 10.9 Å². The highest BCUT2D eigenvalue weighted by atomic mass is 16.4. The number of amides is 1. The number of hydrogen-bond donors (Lipinski definition) is 2. The number of hydrogen-bond acceptors (Lipinski definition) is 4. The first-order chi connectivity index (χ1) is 12.1. The molecule has 3 rings (SSSR count). The summed E-state index contributed by atoms with van der Waals surface area (Å²) in [5.74, 6) is 0.382. The maximum atomic E-state index is 12.3. The molecule has 0 radical (unpaired) electrons. The Morgan fingerprint density at radius 3 is 2.64 bits per heavy atom. The number of aliphatic hydroxyl groups is 1. The lowest BCUT2D eigenvalue weighted by Gasteiger charge is -2.26. The Kier molecular flexibility index (Phi) is 5.38. The van der Waals surface area contributed by atoms with Crippen LogP contribution in [0.25, 0.3) is 0 Å². The number of nitrogens with zero attached hydrogens (tertiary/aromatic N) is 1. The Labute approximate surface area is 146 Å². The molecule has 134 valence electrons. The molecule has 0 bridgehead atoms. The fourth-order valence-electron chi connectivity index (χ4n) is 3.24. The Morgan fingerprint density at radius 1 is 1.16 bits per heavy atom. The Hall–Kier alpha value is -2.34. The number of rotatable bonds is 5. The number of aromatic nitrogens is 1. The first-order valence-corrected chi connectivity index (χ1v) is 8.81. The van der Waals surface area contributed by atoms with Crippen LogP contribution in [0.1, 0.15) is 54.8 Å². The van der Waals surface area contributed by atoms with Gasteiger partial charge in [-0.15, -0.1) is 0 Å². The van der Waals surface area contributed by atoms with Crippen LogP contribution in [0, 0.1) is 0 Å². The van der Waals surface area contributed by atoms with Gasteiger partial charge in [0.1, 0.15) is 5.76 Å². The van der Waals surface area contributed by atoms with Gasteiger partial charge in [-0.3, -0.25) is 9.59 Å². The van der Waals surface area contributed by atoms with E-state index in [2.05, 4.69) is 5.32 Å². The lowest BCUT2D eigenvalue weighted by Crippen LogP contribution is -2.42. The summed E-state index contributed by atoms with van der Waals surface area (Å²) >= 11 is 0. The molecule has 6 nitrogen and oxygen atoms in total. The van der Waals surface area contributed by atoms with Gasteiger partial charge in [-0.2, -0.15) is 0 Å². The van der Waals surface area contributed by atoms with Crippen molar-refractivity contribution in [3.05, 3.63) is 58.4 Å². The van der Waals surface area contributed by atoms with E-state index in [0.29, 0.717) is 18.6 Å². The molecule has 0 saturated heterocycles. The molecule has 0 unspecified atom stereocenters. The summed E-state index contributed by atoms with van der Waals surface area (Å²) in [4.78, 5) is 24.0. The molecule has 25 heavy (non-hydrogen) atoms. The van der Waals surface area contributed by atoms with Crippen molar-refractivity contribution in [2.75, 3.05) is 6.54 Å². The standard InChI is InChI=1S/C19H24N2O4/c22-17-7-3-6-12-21(17)13-15-8-9-16(25-15)18(23)20-14-19(24)10-4-1-2-5-11-19/h3,6-9,12,24H,1-2,4-5,10-11,13-14H2,(H,20,23). The summed E-state index contributed by atoms with van der Waals surface area (Å²) in [6, 6.07) is 8.21. The maximum Gasteiger partial charge on any atom is 0.287 e. The van der Waals surface area contributed by atoms with Crippen LogP contribution in [0.5, 0.6) is 0 Å². The van der Waals surface area contributed by atoms with Crippen molar-refractivity contribution in [2.45, 2.75) is 50.7 Å². The Balaban J connectivity index is 1.59. The summed E-state index contributed by atoms with van der Waals surface area (Å²) in [5, 5.41) is 13.4. The lowest BCUT2D eigenvalue weighted by atomic mass is 9.94. The van der Waals surface area contributed by atoms with Gasteiger partial charge in [0.15, 0.2) is 5.76 Å². The van der Waals surface area contributed by atoms with E-state index in [0.717, 1.165) is 25.7 Å². The van der Waals surface area contributed by atoms with Gasteiger partial charge in [-0.05, 0) is 31.0 Å². The van der Waals surface area contributed by atoms with Crippen LogP contribution in [0.4, 0.5) is 0 Å². The summed E-state index contributed by atoms with van der Waals surface area (Å²) in [7, 11) is 0. The van der Waals surface area contributed by atoms with Gasteiger partial charge >= 0.3 is 0 Å². The topological polar surface area (TPSA) is 84.5 Å². The lowest BCUT2D eigenvalue weighted by molar-refractivity contribution is 0.0243. The number of furan rings is 1. The monoisotopic (exact) mass is 344 g/mol. The van der Waals surface area contributed by atoms with Crippen LogP contribution in [0.15, 0.2) is 45.7 Å². The molecular formula is C19H24N2O4. The van der Waals surface area contributed by atoms with Gasteiger partial charge in [0.2, 0.25) is 0 Å². The van der Waals surface area contributed by atoms with Gasteiger partial charge < -0.3 is 19.4 Å². The molecule has 0 atom stereocenters. The molecular weight excluding hydrogens is 320 g/mol. The van der Waals surface area contributed by atoms with E-state index in [1.807, 2.05) is 0 Å². The van der Waals surface area contributed by atoms with E-state index >= 15 is 0 Å². The second-order valence-corrected chi connectivity index (χ2v) is 6.75. The summed E-state index contributed by atoms with van der Waals surface area (Å²) in [6.45, 7) is 0.511. The van der Waals surface area contributed by atoms with E-state index in [1.165, 1.54) is 10.6 Å². The van der Waals surface area contributed by atoms with E-state index < -0.39 is 5.60 Å². The maximum absolute atomic E-state index is 12.3. The highest BCUT2D eigenvalue weighted by Crippen LogP contribution is 2.26. The van der Waals surface area contributed by atoms with Crippen molar-refractivity contribution in [3.63, 3.8) is 0 Å². The molecule has 1 fully saturated rings. The summed E-state index contributed by atoms with van der Waals surface area (Å²) in [6.07, 6.45) is 7.35. The van der Waals surface area contributed by atoms with Gasteiger partial charge in [-0.25, -0.2) is 0 Å². The zero-order valence-corrected chi connectivity index (χ0v) is 14.2. The highest BCUT2D eigenvalue weighted by molar-refractivity contribution is 5.91. The normalized spacial score (nSPS) is 17.0. The van der Waals surface area contributed by atoms with Crippen molar-refractivity contribution in [3.8, 4) is 0 Å². The quantitative estimate of drug-likeness (QED) is 0.815. The summed E-state index contributed by atoms with van der Waals surface area (Å²) in [5.41, 5.74) is -0.945. The minimum Gasteiger partial charge on any atom is -0.454 e. The molecule has 2 heterocycles. The second-order valence-electron chi connectivity index (χ2n) is 6.75. The van der Waals surface area contributed by atoms with E-state index in [-0.39, 0.29) is 30.3 Å². The molecule has 2 aromatic heterocycles. The predicted octanol–water partition coefficient (Wildman–Crippen LogP) is 2.30. The molecule has 1 amide bonds. The highest BCUT2D eigenvalue weighted by Gasteiger charge is 2.28. The predicted molar refractivity (Wildman–Crippen MR) is 93.5 cm³/mol. The molecule has 1 aliphatic carbocycles. The average Bonchev–Trinajstić information content (AvgIpc) is 2.96. The molecule has 6 heteroatoms. The van der Waals surface area contributed by atoms with Crippen molar-refractivity contribution in [2.24, 2.45) is 0 Å². The van der Waals surface area contributed by atoms with Gasteiger partial charge in [0.25, 0.3) is 11.5 Å². The fourth-order valence-corrected chi connectivity index (χ4v) is 3.24. The number of pyridine rings is 1. The van der Waals surface area contributed by atoms with Crippen LogP contribution >= 0.6 is 0 Å². The first kappa shape index (κ1) is 17.5. The third-order valence-corrected chi connectivity index (χ3v) is 4.72. The van der Waals surface area contributed by atoms with Crippen LogP contribution in [0.2, 0.25) is 0 Å². The largest absolute Gasteiger partial charge is 0.454 e. The third kappa shape index (κ3) is 4.60. The van der Waals surface area contributed by atoms with E-state index in [1.54, 1.807) is 30.5 Å². The number of carbonyl (C=O) groups excluding carboxylic acids is 1. The average molecular weight is 344 g/mol. The minimum absolute atomic E-state index is 0.125. The number of nitrogens with one attached hydrogen (secondary N) is 1. The van der Waals surface area contributed by atoms with Crippen molar-refractivity contribution >= 4 is 5.91 Å². The van der Waals surface area contributed by atoms with E-state index in [9.17, 15) is 14.7 Å². The minimum atomic E-state index is -0.821. The van der Waals surface area contributed by atoms with Gasteiger partial charge in [-0.1, -0.05) is 31.7 Å². The summed E-state index contributed by atoms with van der Waals surface area (Å²) < 4.78 is 7.06. The zero-order chi connectivity index (χ0) is 17.7. The van der Waals surface area contributed by atoms with Crippen LogP contribution in [-0.2, 0) is 6.54 Å². The van der Waals surface area contributed by atoms with Crippen LogP contribution in [-0.4, -0.2) is 27.7 Å². The third-order valence-electron chi connectivity index (χ3n) is 4.72. The first-order valence-electron chi connectivity index (χ1n) is 8.81. The Bertz CT molecular complexity index is 769. The van der Waals surface area contributed by atoms with Crippen LogP contribution in [0.3, 0.4) is 0 Å². The molecule has 2 N–H and O–H groups in total. The molecule has 1 saturated carbocycles. The molecule has 1 aliphatic rings. The molecule has 0 aliphatic heterocycles. The molecule has 0 spiro atoms. The second kappa shape index (κ2) is 7.70. The van der Waals surface area contributed by atoms with Crippen molar-refractivity contribution < 1.29 is 14.3 Å². The Morgan fingerprint density at radius 2 is 1.92 bits per heavy atom. The zero-order valence-electron chi connectivity index (χ0n) is 14.2. The SMILES string of the molecule is O=C(NCC1(O)CCCCCC1)c1ccc(Cn2ccccc2=O)o1.